The normalized spacial score (nSPS) is 23.9. The minimum Gasteiger partial charge on any atom is -0.464 e. The summed E-state index contributed by atoms with van der Waals surface area (Å²) in [6, 6.07) is 18.3. The van der Waals surface area contributed by atoms with Gasteiger partial charge in [-0.05, 0) is 57.9 Å². The summed E-state index contributed by atoms with van der Waals surface area (Å²) in [4.78, 5) is 28.7. The number of nitrogens with one attached hydrogen (secondary N) is 1. The number of nitrogens with two attached hydrogens (primary N) is 1. The number of rotatable bonds is 12. The van der Waals surface area contributed by atoms with Crippen LogP contribution in [0, 0.1) is 5.41 Å². The predicted octanol–water partition coefficient (Wildman–Crippen LogP) is 2.83. The number of aliphatic hydroxyl groups is 2. The number of esters is 1. The van der Waals surface area contributed by atoms with Crippen molar-refractivity contribution in [3.63, 3.8) is 0 Å². The summed E-state index contributed by atoms with van der Waals surface area (Å²) in [5, 5.41) is 25.0. The Kier molecular flexibility index (Phi) is 10.3. The number of hydrogen-bond donors (Lipinski definition) is 4. The molecule has 1 saturated heterocycles. The third kappa shape index (κ3) is 8.32. The number of nitrogen functional groups attached to an aromatic ring is 1. The number of benzene rings is 2. The molecule has 1 fully saturated rings. The van der Waals surface area contributed by atoms with Crippen LogP contribution in [0.15, 0.2) is 77.7 Å². The second-order valence-corrected chi connectivity index (χ2v) is 13.5. The molecule has 238 valence electrons. The smallest absolute Gasteiger partial charge is 0.459 e. The van der Waals surface area contributed by atoms with Crippen LogP contribution in [0.2, 0.25) is 0 Å². The molecule has 1 aliphatic heterocycles. The minimum atomic E-state index is -4.27. The Bertz CT molecular complexity index is 1510. The summed E-state index contributed by atoms with van der Waals surface area (Å²) in [6.45, 7) is 5.81. The fourth-order valence-corrected chi connectivity index (χ4v) is 6.06. The van der Waals surface area contributed by atoms with Gasteiger partial charge in [-0.15, -0.1) is 0 Å². The SMILES string of the molecule is CC(C)(C)C(=O)OC[C@H](Cc1ccccc1)NP(=O)(OC[C@H]1O[C@@H](n2ccc(N)nc2=O)[C@](C)(O)[C@@H]1O)Oc1ccccc1. The molecule has 44 heavy (non-hydrogen) atoms. The third-order valence-electron chi connectivity index (χ3n) is 6.93. The zero-order valence-electron chi connectivity index (χ0n) is 25.0. The van der Waals surface area contributed by atoms with Crippen molar-refractivity contribution in [2.24, 2.45) is 5.41 Å². The molecule has 5 N–H and O–H groups in total. The van der Waals surface area contributed by atoms with E-state index in [9.17, 15) is 24.4 Å². The molecule has 6 atom stereocenters. The second-order valence-electron chi connectivity index (χ2n) is 11.8. The molecule has 14 heteroatoms. The highest BCUT2D eigenvalue weighted by atomic mass is 31.2. The maximum absolute atomic E-state index is 14.3. The van der Waals surface area contributed by atoms with E-state index in [0.29, 0.717) is 6.42 Å². The lowest BCUT2D eigenvalue weighted by atomic mass is 9.96. The van der Waals surface area contributed by atoms with E-state index in [1.165, 1.54) is 19.2 Å². The van der Waals surface area contributed by atoms with Gasteiger partial charge in [-0.25, -0.2) is 14.4 Å². The molecule has 4 rings (SSSR count). The van der Waals surface area contributed by atoms with E-state index >= 15 is 0 Å². The van der Waals surface area contributed by atoms with Gasteiger partial charge in [0.1, 0.15) is 36.0 Å². The van der Waals surface area contributed by atoms with Crippen LogP contribution >= 0.6 is 7.75 Å². The standard InChI is InChI=1S/C30H39N4O9P/c1-29(2,3)27(36)40-18-21(17-20-11-7-5-8-12-20)33-44(39,43-22-13-9-6-10-14-22)41-19-23-25(35)30(4,38)26(42-23)34-16-15-24(31)32-28(34)37/h5-16,21,23,25-26,35,38H,17-19H2,1-4H3,(H,33,39)(H2,31,32,37)/t21-,23+,25+,26+,30+,44?/m0/s1. The van der Waals surface area contributed by atoms with Gasteiger partial charge < -0.3 is 29.9 Å². The van der Waals surface area contributed by atoms with Gasteiger partial charge in [-0.2, -0.15) is 4.98 Å². The number of anilines is 1. The van der Waals surface area contributed by atoms with E-state index < -0.39 is 61.5 Å². The first-order chi connectivity index (χ1) is 20.7. The average molecular weight is 631 g/mol. The number of hydrogen-bond acceptors (Lipinski definition) is 11. The third-order valence-corrected chi connectivity index (χ3v) is 8.55. The zero-order valence-corrected chi connectivity index (χ0v) is 25.9. The highest BCUT2D eigenvalue weighted by molar-refractivity contribution is 7.52. The van der Waals surface area contributed by atoms with Crippen LogP contribution in [0.4, 0.5) is 5.82 Å². The van der Waals surface area contributed by atoms with Crippen LogP contribution in [0.5, 0.6) is 5.75 Å². The van der Waals surface area contributed by atoms with Crippen molar-refractivity contribution in [2.45, 2.75) is 64.2 Å². The number of carbonyl (C=O) groups excluding carboxylic acids is 1. The fraction of sp³-hybridized carbons (Fsp3) is 0.433. The largest absolute Gasteiger partial charge is 0.464 e. The summed E-state index contributed by atoms with van der Waals surface area (Å²) < 4.78 is 38.4. The van der Waals surface area contributed by atoms with E-state index in [1.807, 2.05) is 30.3 Å². The monoisotopic (exact) mass is 630 g/mol. The molecule has 0 bridgehead atoms. The van der Waals surface area contributed by atoms with Gasteiger partial charge in [0.2, 0.25) is 0 Å². The van der Waals surface area contributed by atoms with Crippen LogP contribution in [0.25, 0.3) is 0 Å². The molecule has 0 saturated carbocycles. The number of nitrogens with zero attached hydrogens (tertiary/aromatic N) is 2. The van der Waals surface area contributed by atoms with Crippen molar-refractivity contribution in [1.82, 2.24) is 14.6 Å². The lowest BCUT2D eigenvalue weighted by molar-refractivity contribution is -0.153. The maximum Gasteiger partial charge on any atom is 0.459 e. The second kappa shape index (κ2) is 13.6. The maximum atomic E-state index is 14.3. The molecule has 2 heterocycles. The first-order valence-electron chi connectivity index (χ1n) is 14.1. The van der Waals surface area contributed by atoms with Crippen molar-refractivity contribution >= 4 is 19.5 Å². The van der Waals surface area contributed by atoms with Gasteiger partial charge in [0.05, 0.1) is 18.1 Å². The highest BCUT2D eigenvalue weighted by Crippen LogP contribution is 2.47. The van der Waals surface area contributed by atoms with Crippen molar-refractivity contribution in [1.29, 1.82) is 0 Å². The molecule has 0 aliphatic carbocycles. The first-order valence-corrected chi connectivity index (χ1v) is 15.6. The van der Waals surface area contributed by atoms with Gasteiger partial charge in [-0.3, -0.25) is 13.9 Å². The summed E-state index contributed by atoms with van der Waals surface area (Å²) in [7, 11) is -4.27. The zero-order chi connectivity index (χ0) is 32.1. The minimum absolute atomic E-state index is 0.0207. The Morgan fingerprint density at radius 1 is 1.16 bits per heavy atom. The van der Waals surface area contributed by atoms with E-state index in [0.717, 1.165) is 10.1 Å². The fourth-order valence-electron chi connectivity index (χ4n) is 4.52. The Morgan fingerprint density at radius 2 is 1.80 bits per heavy atom. The lowest BCUT2D eigenvalue weighted by Gasteiger charge is -2.28. The topological polar surface area (TPSA) is 184 Å². The van der Waals surface area contributed by atoms with Gasteiger partial charge in [0.25, 0.3) is 0 Å². The molecule has 0 radical (unpaired) electrons. The van der Waals surface area contributed by atoms with Crippen LogP contribution in [0.3, 0.4) is 0 Å². The molecule has 0 spiro atoms. The Labute approximate surface area is 255 Å². The molecule has 1 aromatic heterocycles. The van der Waals surface area contributed by atoms with Crippen molar-refractivity contribution in [2.75, 3.05) is 18.9 Å². The number of ether oxygens (including phenoxy) is 2. The van der Waals surface area contributed by atoms with Gasteiger partial charge in [-0.1, -0.05) is 48.5 Å². The van der Waals surface area contributed by atoms with E-state index in [4.69, 9.17) is 24.3 Å². The summed E-state index contributed by atoms with van der Waals surface area (Å²) in [5.74, 6) is -0.237. The quantitative estimate of drug-likeness (QED) is 0.170. The molecular formula is C30H39N4O9P. The summed E-state index contributed by atoms with van der Waals surface area (Å²) in [6.07, 6.45) is -2.56. The van der Waals surface area contributed by atoms with Crippen LogP contribution < -0.4 is 21.0 Å². The Morgan fingerprint density at radius 3 is 2.41 bits per heavy atom. The van der Waals surface area contributed by atoms with E-state index in [2.05, 4.69) is 10.1 Å². The number of carbonyl (C=O) groups is 1. The molecular weight excluding hydrogens is 591 g/mol. The van der Waals surface area contributed by atoms with E-state index in [1.54, 1.807) is 51.1 Å². The average Bonchev–Trinajstić information content (AvgIpc) is 3.18. The van der Waals surface area contributed by atoms with Gasteiger partial charge in [0.15, 0.2) is 6.23 Å². The van der Waals surface area contributed by atoms with Crippen molar-refractivity contribution in [3.8, 4) is 5.75 Å². The molecule has 13 nitrogen and oxygen atoms in total. The Balaban J connectivity index is 1.57. The molecule has 2 aromatic carbocycles. The number of aliphatic hydroxyl groups excluding tert-OH is 1. The molecule has 3 aromatic rings. The van der Waals surface area contributed by atoms with Crippen LogP contribution in [0.1, 0.15) is 39.5 Å². The lowest BCUT2D eigenvalue weighted by Crippen LogP contribution is -2.46. The number of aromatic nitrogens is 2. The summed E-state index contributed by atoms with van der Waals surface area (Å²) in [5.41, 5.74) is 2.94. The number of para-hydroxylation sites is 1. The molecule has 0 amide bonds. The Hall–Kier alpha value is -3.58. The van der Waals surface area contributed by atoms with Crippen LogP contribution in [-0.4, -0.2) is 62.8 Å². The van der Waals surface area contributed by atoms with Gasteiger partial charge in [0, 0.05) is 6.20 Å². The summed E-state index contributed by atoms with van der Waals surface area (Å²) >= 11 is 0. The highest BCUT2D eigenvalue weighted by Gasteiger charge is 2.54. The van der Waals surface area contributed by atoms with E-state index in [-0.39, 0.29) is 18.2 Å². The van der Waals surface area contributed by atoms with Gasteiger partial charge >= 0.3 is 19.4 Å². The first kappa shape index (κ1) is 33.3. The predicted molar refractivity (Wildman–Crippen MR) is 162 cm³/mol. The van der Waals surface area contributed by atoms with Crippen molar-refractivity contribution < 1.29 is 38.1 Å². The van der Waals surface area contributed by atoms with Crippen molar-refractivity contribution in [3.05, 3.63) is 89.0 Å². The van der Waals surface area contributed by atoms with Crippen LogP contribution in [-0.2, 0) is 29.8 Å². The molecule has 1 unspecified atom stereocenters. The molecule has 1 aliphatic rings.